The second-order valence-electron chi connectivity index (χ2n) is 21.0. The van der Waals surface area contributed by atoms with Crippen molar-refractivity contribution < 1.29 is 81.8 Å². The van der Waals surface area contributed by atoms with Crippen LogP contribution in [0.5, 0.6) is 0 Å². The molecule has 3 aromatic carbocycles. The highest BCUT2D eigenvalue weighted by molar-refractivity contribution is 6.30. The number of carbonyl (C=O) groups excluding carboxylic acids is 1. The van der Waals surface area contributed by atoms with Gasteiger partial charge >= 0.3 is 17.8 Å². The SMILES string of the molecule is CC(C)(C)C(F)(F)c1cc(-c2onc([C@@H](CCCOCc3ccccc3)CC(=O)Cc3ccc(Cl)cc3F)c2C(F)F)no1.CC(C)(C)C(F)(F)c1cc(-c2onc([C@@H](CCCOCc3ccccc3)CC(=O)O)c2C(F)F)no1. The Labute approximate surface area is 460 Å². The van der Waals surface area contributed by atoms with E-state index in [1.165, 1.54) is 53.7 Å². The van der Waals surface area contributed by atoms with Crippen LogP contribution in [-0.4, -0.2) is 50.7 Å². The molecule has 0 spiro atoms. The number of carboxylic acid groups (broad SMARTS) is 1. The number of Topliss-reactive ketones (excluding diaryl/α,β-unsaturated/α-hetero) is 1. The van der Waals surface area contributed by atoms with Crippen molar-refractivity contribution >= 4 is 23.4 Å². The summed E-state index contributed by atoms with van der Waals surface area (Å²) in [4.78, 5) is 24.5. The number of ketones is 1. The summed E-state index contributed by atoms with van der Waals surface area (Å²) in [5.41, 5.74) is -3.62. The number of carbonyl (C=O) groups is 2. The number of hydrogen-bond donors (Lipinski definition) is 1. The first-order valence-electron chi connectivity index (χ1n) is 25.4. The number of ether oxygens (including phenoxy) is 2. The van der Waals surface area contributed by atoms with Gasteiger partial charge in [-0.05, 0) is 54.5 Å². The fourth-order valence-corrected chi connectivity index (χ4v) is 8.46. The summed E-state index contributed by atoms with van der Waals surface area (Å²) < 4.78 is 162. The third kappa shape index (κ3) is 16.0. The summed E-state index contributed by atoms with van der Waals surface area (Å²) in [7, 11) is 0. The first-order chi connectivity index (χ1) is 37.7. The van der Waals surface area contributed by atoms with E-state index in [1.54, 1.807) is 0 Å². The van der Waals surface area contributed by atoms with E-state index < -0.39 is 106 Å². The molecule has 0 aliphatic heterocycles. The molecule has 0 saturated heterocycles. The predicted molar refractivity (Wildman–Crippen MR) is 274 cm³/mol. The van der Waals surface area contributed by atoms with Gasteiger partial charge in [0, 0.05) is 65.9 Å². The van der Waals surface area contributed by atoms with Gasteiger partial charge in [0.2, 0.25) is 11.5 Å². The van der Waals surface area contributed by atoms with Crippen molar-refractivity contribution in [3.05, 3.63) is 153 Å². The smallest absolute Gasteiger partial charge is 0.312 e. The van der Waals surface area contributed by atoms with Crippen molar-refractivity contribution in [3.8, 4) is 22.9 Å². The number of aliphatic carboxylic acids is 1. The van der Waals surface area contributed by atoms with Crippen LogP contribution in [0.15, 0.2) is 109 Å². The average molecular weight is 1150 g/mol. The van der Waals surface area contributed by atoms with Gasteiger partial charge < -0.3 is 32.7 Å². The van der Waals surface area contributed by atoms with Crippen molar-refractivity contribution in [2.24, 2.45) is 10.8 Å². The lowest BCUT2D eigenvalue weighted by molar-refractivity contribution is -0.137. The molecule has 0 fully saturated rings. The molecule has 0 unspecified atom stereocenters. The summed E-state index contributed by atoms with van der Waals surface area (Å²) in [5, 5.41) is 24.1. The van der Waals surface area contributed by atoms with Crippen molar-refractivity contribution in [3.63, 3.8) is 0 Å². The Morgan fingerprint density at radius 3 is 1.41 bits per heavy atom. The Bertz CT molecular complexity index is 3100. The molecule has 0 amide bonds. The molecule has 4 aromatic heterocycles. The maximum absolute atomic E-state index is 14.9. The van der Waals surface area contributed by atoms with Crippen LogP contribution in [-0.2, 0) is 50.5 Å². The molecule has 1 N–H and O–H groups in total. The molecule has 432 valence electrons. The van der Waals surface area contributed by atoms with Crippen LogP contribution in [0.1, 0.15) is 155 Å². The third-order valence-corrected chi connectivity index (χ3v) is 13.1. The highest BCUT2D eigenvalue weighted by Crippen LogP contribution is 2.48. The number of rotatable bonds is 26. The molecule has 0 radical (unpaired) electrons. The third-order valence-electron chi connectivity index (χ3n) is 12.9. The zero-order chi connectivity index (χ0) is 58.6. The maximum Gasteiger partial charge on any atom is 0.312 e. The summed E-state index contributed by atoms with van der Waals surface area (Å²) >= 11 is 5.81. The standard InChI is InChI=1S/C32H32ClF5N2O4.C25H28F4N2O5/c1-31(2,3)32(37,38)26-17-25(39-43-26)29-27(30(35)36)28(40-44-29)21(10-7-13-42-18-19-8-5-4-6-9-19)15-23(41)14-20-11-12-22(33)16-24(20)34;1-24(2,3)25(28,29)18-13-17(30-35-18)22-20(23(26)27)21(31-36-22)16(12-19(32)33)10-7-11-34-14-15-8-5-4-6-9-15/h4-6,8-9,11-12,16-17,21,30H,7,10,13-15,18H2,1-3H3;4-6,8-9,13,16,23H,7,10-12,14H2,1-3H3,(H,32,33)/t21-;16-/m00/s1. The summed E-state index contributed by atoms with van der Waals surface area (Å²) in [6.45, 7) is 9.02. The van der Waals surface area contributed by atoms with Gasteiger partial charge in [-0.25, -0.2) is 22.0 Å². The van der Waals surface area contributed by atoms with Crippen LogP contribution in [0.2, 0.25) is 5.02 Å². The van der Waals surface area contributed by atoms with E-state index in [9.17, 15) is 54.2 Å². The van der Waals surface area contributed by atoms with Gasteiger partial charge in [0.05, 0.1) is 42.1 Å². The lowest BCUT2D eigenvalue weighted by Gasteiger charge is -2.27. The molecular weight excluding hydrogens is 1090 g/mol. The van der Waals surface area contributed by atoms with Gasteiger partial charge in [0.25, 0.3) is 12.9 Å². The molecule has 0 saturated carbocycles. The largest absolute Gasteiger partial charge is 0.481 e. The van der Waals surface area contributed by atoms with Crippen molar-refractivity contribution in [2.45, 2.75) is 136 Å². The van der Waals surface area contributed by atoms with Gasteiger partial charge in [-0.2, -0.15) is 17.6 Å². The molecule has 0 aliphatic carbocycles. The maximum atomic E-state index is 14.9. The highest BCUT2D eigenvalue weighted by Gasteiger charge is 2.50. The summed E-state index contributed by atoms with van der Waals surface area (Å²) in [5.74, 6) is -13.7. The molecule has 7 rings (SSSR count). The Morgan fingerprint density at radius 1 is 0.600 bits per heavy atom. The molecular formula is C57H60ClF9N4O9. The van der Waals surface area contributed by atoms with Crippen LogP contribution in [0.3, 0.4) is 0 Å². The fraction of sp³-hybridized carbons (Fsp3) is 0.439. The fourth-order valence-electron chi connectivity index (χ4n) is 8.30. The lowest BCUT2D eigenvalue weighted by Crippen LogP contribution is -2.30. The van der Waals surface area contributed by atoms with Crippen molar-refractivity contribution in [2.75, 3.05) is 13.2 Å². The van der Waals surface area contributed by atoms with Gasteiger partial charge in [-0.1, -0.05) is 141 Å². The van der Waals surface area contributed by atoms with E-state index in [-0.39, 0.29) is 72.3 Å². The average Bonchev–Trinajstić information content (AvgIpc) is 4.23. The van der Waals surface area contributed by atoms with Gasteiger partial charge in [0.1, 0.15) is 11.6 Å². The summed E-state index contributed by atoms with van der Waals surface area (Å²) in [6, 6.07) is 24.4. The molecule has 7 aromatic rings. The number of aromatic nitrogens is 4. The normalized spacial score (nSPS) is 13.2. The van der Waals surface area contributed by atoms with E-state index in [1.807, 2.05) is 60.7 Å². The Hall–Kier alpha value is -6.78. The van der Waals surface area contributed by atoms with E-state index in [0.717, 1.165) is 29.3 Å². The van der Waals surface area contributed by atoms with Crippen LogP contribution < -0.4 is 0 Å². The van der Waals surface area contributed by atoms with E-state index in [0.29, 0.717) is 26.1 Å². The second kappa shape index (κ2) is 27.1. The van der Waals surface area contributed by atoms with E-state index in [2.05, 4.69) is 20.6 Å². The molecule has 4 heterocycles. The summed E-state index contributed by atoms with van der Waals surface area (Å²) in [6.07, 6.45) is -6.17. The molecule has 0 bridgehead atoms. The number of benzene rings is 3. The molecule has 2 atom stereocenters. The monoisotopic (exact) mass is 1150 g/mol. The lowest BCUT2D eigenvalue weighted by atomic mass is 9.86. The number of halogens is 10. The highest BCUT2D eigenvalue weighted by atomic mass is 35.5. The van der Waals surface area contributed by atoms with Crippen LogP contribution in [0.4, 0.5) is 39.5 Å². The van der Waals surface area contributed by atoms with Gasteiger partial charge in [-0.15, -0.1) is 0 Å². The van der Waals surface area contributed by atoms with Crippen LogP contribution >= 0.6 is 11.6 Å². The first kappa shape index (κ1) is 62.4. The quantitative estimate of drug-likeness (QED) is 0.0401. The minimum Gasteiger partial charge on any atom is -0.481 e. The topological polar surface area (TPSA) is 177 Å². The second-order valence-corrected chi connectivity index (χ2v) is 21.5. The minimum absolute atomic E-state index is 0.106. The molecule has 13 nitrogen and oxygen atoms in total. The first-order valence-corrected chi connectivity index (χ1v) is 25.7. The number of alkyl halides is 8. The number of hydrogen-bond acceptors (Lipinski definition) is 12. The molecule has 0 aliphatic rings. The Balaban J connectivity index is 0.000000263. The van der Waals surface area contributed by atoms with Crippen LogP contribution in [0, 0.1) is 16.6 Å². The van der Waals surface area contributed by atoms with Gasteiger partial charge in [0.15, 0.2) is 22.9 Å². The van der Waals surface area contributed by atoms with E-state index in [4.69, 9.17) is 39.2 Å². The zero-order valence-corrected chi connectivity index (χ0v) is 45.3. The van der Waals surface area contributed by atoms with Crippen molar-refractivity contribution in [1.29, 1.82) is 0 Å². The molecule has 80 heavy (non-hydrogen) atoms. The number of nitrogens with zero attached hydrogens (tertiary/aromatic N) is 4. The Morgan fingerprint density at radius 2 is 1.02 bits per heavy atom. The number of carboxylic acids is 1. The minimum atomic E-state index is -3.46. The van der Waals surface area contributed by atoms with Gasteiger partial charge in [-0.3, -0.25) is 9.59 Å². The van der Waals surface area contributed by atoms with E-state index >= 15 is 0 Å². The predicted octanol–water partition coefficient (Wildman–Crippen LogP) is 16.4. The zero-order valence-electron chi connectivity index (χ0n) is 44.5. The van der Waals surface area contributed by atoms with Crippen molar-refractivity contribution in [1.82, 2.24) is 20.6 Å². The Kier molecular flexibility index (Phi) is 21.2. The molecule has 23 heteroatoms. The van der Waals surface area contributed by atoms with Crippen LogP contribution in [0.25, 0.3) is 22.9 Å².